The summed E-state index contributed by atoms with van der Waals surface area (Å²) < 4.78 is 21.1. The third kappa shape index (κ3) is 5.75. The van der Waals surface area contributed by atoms with Crippen LogP contribution in [0.1, 0.15) is 47.5 Å². The van der Waals surface area contributed by atoms with Crippen molar-refractivity contribution in [3.63, 3.8) is 0 Å². The number of H-pyrrole nitrogens is 1. The molecule has 0 bridgehead atoms. The number of benzene rings is 1. The monoisotopic (exact) mass is 481 g/mol. The second-order valence-electron chi connectivity index (χ2n) is 10.2. The van der Waals surface area contributed by atoms with Crippen molar-refractivity contribution in [1.82, 2.24) is 30.5 Å². The average molecular weight is 482 g/mol. The van der Waals surface area contributed by atoms with Crippen LogP contribution in [0.2, 0.25) is 0 Å². The van der Waals surface area contributed by atoms with Crippen molar-refractivity contribution in [2.45, 2.75) is 53.6 Å². The Kier molecular flexibility index (Phi) is 7.00. The summed E-state index contributed by atoms with van der Waals surface area (Å²) in [5.74, 6) is 0.695. The molecular formula is C25H32FN7O2. The highest BCUT2D eigenvalue weighted by atomic mass is 19.1. The van der Waals surface area contributed by atoms with Gasteiger partial charge in [0.2, 0.25) is 11.7 Å². The van der Waals surface area contributed by atoms with Crippen LogP contribution < -0.4 is 10.1 Å². The number of nitrogens with zero attached hydrogens (tertiary/aromatic N) is 5. The number of amides is 2. The zero-order valence-corrected chi connectivity index (χ0v) is 20.8. The van der Waals surface area contributed by atoms with Gasteiger partial charge in [-0.2, -0.15) is 5.21 Å². The van der Waals surface area contributed by atoms with E-state index in [9.17, 15) is 4.79 Å². The van der Waals surface area contributed by atoms with Crippen molar-refractivity contribution in [2.75, 3.05) is 18.4 Å². The van der Waals surface area contributed by atoms with Crippen LogP contribution in [-0.4, -0.2) is 55.7 Å². The zero-order chi connectivity index (χ0) is 25.2. The van der Waals surface area contributed by atoms with Crippen LogP contribution in [0, 0.1) is 17.2 Å². The fourth-order valence-electron chi connectivity index (χ4n) is 4.42. The quantitative estimate of drug-likeness (QED) is 0.522. The van der Waals surface area contributed by atoms with E-state index < -0.39 is 5.82 Å². The molecule has 0 radical (unpaired) electrons. The van der Waals surface area contributed by atoms with E-state index in [0.717, 1.165) is 12.8 Å². The molecule has 0 saturated carbocycles. The first-order valence-electron chi connectivity index (χ1n) is 11.9. The normalized spacial score (nSPS) is 14.9. The molecule has 186 valence electrons. The highest BCUT2D eigenvalue weighted by Crippen LogP contribution is 2.36. The van der Waals surface area contributed by atoms with Gasteiger partial charge in [0, 0.05) is 47.7 Å². The van der Waals surface area contributed by atoms with Crippen molar-refractivity contribution in [1.29, 1.82) is 0 Å². The van der Waals surface area contributed by atoms with Crippen LogP contribution in [0.5, 0.6) is 5.88 Å². The van der Waals surface area contributed by atoms with Crippen LogP contribution >= 0.6 is 0 Å². The molecule has 2 N–H and O–H groups in total. The predicted molar refractivity (Wildman–Crippen MR) is 131 cm³/mol. The number of rotatable bonds is 5. The number of urea groups is 1. The Morgan fingerprint density at radius 3 is 2.54 bits per heavy atom. The molecule has 2 aromatic heterocycles. The standard InChI is InChI=1S/C25H32FN7O2/c1-15(2)35-21-7-6-16(14-27-21)22-19(23-29-31-32-30-23)12-18(13-20(22)26)28-24(34)33-10-8-17(9-11-33)25(3,4)5/h6-7,12-15,17H,8-11H2,1-5H3,(H,28,34)(H,29,30,31,32). The largest absolute Gasteiger partial charge is 0.475 e. The summed E-state index contributed by atoms with van der Waals surface area (Å²) in [6.07, 6.45) is 3.41. The molecule has 10 heteroatoms. The fraction of sp³-hybridized carbons (Fsp3) is 0.480. The number of halogens is 1. The molecule has 0 unspecified atom stereocenters. The van der Waals surface area contributed by atoms with Gasteiger partial charge in [0.15, 0.2) is 0 Å². The molecule has 3 aromatic rings. The Hall–Kier alpha value is -3.56. The molecule has 0 aliphatic carbocycles. The van der Waals surface area contributed by atoms with E-state index in [1.54, 1.807) is 23.1 Å². The molecule has 1 saturated heterocycles. The smallest absolute Gasteiger partial charge is 0.321 e. The maximum atomic E-state index is 15.5. The molecule has 3 heterocycles. The first-order chi connectivity index (χ1) is 16.6. The SMILES string of the molecule is CC(C)Oc1ccc(-c2c(F)cc(NC(=O)N3CCC(C(C)(C)C)CC3)cc2-c2nn[nH]n2)cn1. The summed E-state index contributed by atoms with van der Waals surface area (Å²) in [6.45, 7) is 11.9. The van der Waals surface area contributed by atoms with E-state index in [4.69, 9.17) is 4.74 Å². The van der Waals surface area contributed by atoms with Gasteiger partial charge in [-0.05, 0) is 61.4 Å². The predicted octanol–water partition coefficient (Wildman–Crippen LogP) is 5.15. The molecule has 1 aliphatic heterocycles. The van der Waals surface area contributed by atoms with E-state index in [-0.39, 0.29) is 28.9 Å². The van der Waals surface area contributed by atoms with Gasteiger partial charge >= 0.3 is 6.03 Å². The Labute approximate surface area is 204 Å². The summed E-state index contributed by atoms with van der Waals surface area (Å²) >= 11 is 0. The molecule has 2 amide bonds. The minimum atomic E-state index is -0.534. The van der Waals surface area contributed by atoms with Crippen molar-refractivity contribution < 1.29 is 13.9 Å². The highest BCUT2D eigenvalue weighted by Gasteiger charge is 2.30. The van der Waals surface area contributed by atoms with Crippen LogP contribution in [0.15, 0.2) is 30.5 Å². The highest BCUT2D eigenvalue weighted by molar-refractivity contribution is 5.92. The van der Waals surface area contributed by atoms with E-state index in [1.807, 2.05) is 13.8 Å². The van der Waals surface area contributed by atoms with Gasteiger partial charge in [0.25, 0.3) is 0 Å². The second-order valence-corrected chi connectivity index (χ2v) is 10.2. The Balaban J connectivity index is 1.58. The Morgan fingerprint density at radius 1 is 1.23 bits per heavy atom. The van der Waals surface area contributed by atoms with Crippen LogP contribution in [0.3, 0.4) is 0 Å². The number of tetrazole rings is 1. The van der Waals surface area contributed by atoms with Crippen molar-refractivity contribution in [2.24, 2.45) is 11.3 Å². The number of aromatic nitrogens is 5. The van der Waals surface area contributed by atoms with Gasteiger partial charge in [0.1, 0.15) is 5.82 Å². The van der Waals surface area contributed by atoms with Gasteiger partial charge in [-0.25, -0.2) is 14.2 Å². The maximum absolute atomic E-state index is 15.5. The van der Waals surface area contributed by atoms with E-state index in [1.165, 1.54) is 12.3 Å². The third-order valence-electron chi connectivity index (χ3n) is 6.32. The molecule has 0 atom stereocenters. The number of carbonyl (C=O) groups is 1. The number of carbonyl (C=O) groups excluding carboxylic acids is 1. The number of hydrogen-bond donors (Lipinski definition) is 2. The van der Waals surface area contributed by atoms with E-state index in [0.29, 0.717) is 41.7 Å². The lowest BCUT2D eigenvalue weighted by atomic mass is 9.75. The number of piperidine rings is 1. The molecule has 9 nitrogen and oxygen atoms in total. The minimum Gasteiger partial charge on any atom is -0.475 e. The third-order valence-corrected chi connectivity index (χ3v) is 6.32. The summed E-state index contributed by atoms with van der Waals surface area (Å²) in [5, 5.41) is 16.9. The van der Waals surface area contributed by atoms with Gasteiger partial charge in [-0.3, -0.25) is 0 Å². The molecule has 1 aliphatic rings. The summed E-state index contributed by atoms with van der Waals surface area (Å²) in [4.78, 5) is 19.0. The van der Waals surface area contributed by atoms with Gasteiger partial charge in [0.05, 0.1) is 6.10 Å². The van der Waals surface area contributed by atoms with Crippen molar-refractivity contribution >= 4 is 11.7 Å². The topological polar surface area (TPSA) is 109 Å². The van der Waals surface area contributed by atoms with Crippen LogP contribution in [0.25, 0.3) is 22.5 Å². The van der Waals surface area contributed by atoms with Crippen molar-refractivity contribution in [3.8, 4) is 28.4 Å². The molecular weight excluding hydrogens is 449 g/mol. The number of ether oxygens (including phenoxy) is 1. The summed E-state index contributed by atoms with van der Waals surface area (Å²) in [7, 11) is 0. The first-order valence-corrected chi connectivity index (χ1v) is 11.9. The summed E-state index contributed by atoms with van der Waals surface area (Å²) in [6, 6.07) is 6.12. The van der Waals surface area contributed by atoms with Gasteiger partial charge in [-0.1, -0.05) is 20.8 Å². The van der Waals surface area contributed by atoms with Crippen LogP contribution in [0.4, 0.5) is 14.9 Å². The Bertz CT molecular complexity index is 1150. The number of pyridine rings is 1. The molecule has 4 rings (SSSR count). The number of hydrogen-bond acceptors (Lipinski definition) is 6. The number of nitrogens with one attached hydrogen (secondary N) is 2. The first kappa shape index (κ1) is 24.6. The van der Waals surface area contributed by atoms with Gasteiger partial charge in [-0.15, -0.1) is 10.2 Å². The lowest BCUT2D eigenvalue weighted by Crippen LogP contribution is -2.43. The second kappa shape index (κ2) is 9.97. The molecule has 35 heavy (non-hydrogen) atoms. The lowest BCUT2D eigenvalue weighted by molar-refractivity contribution is 0.128. The maximum Gasteiger partial charge on any atom is 0.321 e. The van der Waals surface area contributed by atoms with Gasteiger partial charge < -0.3 is 15.0 Å². The van der Waals surface area contributed by atoms with E-state index in [2.05, 4.69) is 51.7 Å². The fourth-order valence-corrected chi connectivity index (χ4v) is 4.42. The molecule has 1 aromatic carbocycles. The number of anilines is 1. The zero-order valence-electron chi connectivity index (χ0n) is 20.8. The van der Waals surface area contributed by atoms with Crippen LogP contribution in [-0.2, 0) is 0 Å². The Morgan fingerprint density at radius 2 is 1.97 bits per heavy atom. The summed E-state index contributed by atoms with van der Waals surface area (Å²) in [5.41, 5.74) is 1.72. The lowest BCUT2D eigenvalue weighted by Gasteiger charge is -2.38. The average Bonchev–Trinajstić information content (AvgIpc) is 3.33. The van der Waals surface area contributed by atoms with Crippen molar-refractivity contribution in [3.05, 3.63) is 36.3 Å². The number of likely N-dealkylation sites (tertiary alicyclic amines) is 1. The molecule has 0 spiro atoms. The minimum absolute atomic E-state index is 0.0258. The molecule has 1 fully saturated rings. The number of aromatic amines is 1. The van der Waals surface area contributed by atoms with E-state index >= 15 is 4.39 Å².